The number of fused-ring (bicyclic) bond motifs is 1. The average molecular weight is 636 g/mol. The molecule has 5 rings (SSSR count). The molecule has 2 aliphatic heterocycles. The van der Waals surface area contributed by atoms with E-state index in [9.17, 15) is 29.6 Å². The molecule has 0 aliphatic carbocycles. The number of methoxy groups -OCH3 is 1. The normalized spacial score (nSPS) is 23.2. The number of benzene rings is 3. The number of nitrogens with zero attached hydrogens (tertiary/aromatic N) is 2. The maximum Gasteiger partial charge on any atom is 0.325 e. The van der Waals surface area contributed by atoms with Crippen molar-refractivity contribution in [1.82, 2.24) is 5.32 Å². The van der Waals surface area contributed by atoms with E-state index < -0.39 is 46.1 Å². The van der Waals surface area contributed by atoms with Crippen molar-refractivity contribution in [2.45, 2.75) is 44.7 Å². The summed E-state index contributed by atoms with van der Waals surface area (Å²) in [6.07, 6.45) is 0.963. The number of amides is 2. The van der Waals surface area contributed by atoms with Crippen LogP contribution < -0.4 is 15.0 Å². The quantitative estimate of drug-likeness (QED) is 0.190. The van der Waals surface area contributed by atoms with Gasteiger partial charge in [-0.05, 0) is 47.7 Å². The molecule has 2 amide bonds. The van der Waals surface area contributed by atoms with Crippen molar-refractivity contribution in [1.29, 1.82) is 0 Å². The summed E-state index contributed by atoms with van der Waals surface area (Å²) >= 11 is 3.47. The first-order valence-corrected chi connectivity index (χ1v) is 14.4. The fraction of sp³-hybridized carbons (Fsp3) is 0.323. The molecule has 2 saturated heterocycles. The lowest BCUT2D eigenvalue weighted by molar-refractivity contribution is -0.384. The summed E-state index contributed by atoms with van der Waals surface area (Å²) in [5, 5.41) is 25.2. The van der Waals surface area contributed by atoms with Crippen LogP contribution in [0, 0.1) is 22.0 Å². The van der Waals surface area contributed by atoms with Crippen LogP contribution in [0.1, 0.15) is 42.1 Å². The van der Waals surface area contributed by atoms with Gasteiger partial charge in [-0.2, -0.15) is 0 Å². The van der Waals surface area contributed by atoms with Gasteiger partial charge in [0.25, 0.3) is 5.69 Å². The number of carbonyl (C=O) groups is 3. The van der Waals surface area contributed by atoms with Gasteiger partial charge >= 0.3 is 5.97 Å². The highest BCUT2D eigenvalue weighted by molar-refractivity contribution is 9.10. The number of imide groups is 1. The van der Waals surface area contributed by atoms with Crippen molar-refractivity contribution in [3.05, 3.63) is 97.5 Å². The van der Waals surface area contributed by atoms with E-state index in [2.05, 4.69) is 21.2 Å². The Morgan fingerprint density at radius 1 is 1.07 bits per heavy atom. The molecule has 4 unspecified atom stereocenters. The first-order valence-electron chi connectivity index (χ1n) is 13.6. The first kappa shape index (κ1) is 29.4. The van der Waals surface area contributed by atoms with Gasteiger partial charge in [0.2, 0.25) is 11.8 Å². The minimum atomic E-state index is -1.90. The molecule has 11 heteroatoms. The van der Waals surface area contributed by atoms with Crippen LogP contribution in [0.4, 0.5) is 11.4 Å². The number of anilines is 1. The summed E-state index contributed by atoms with van der Waals surface area (Å²) in [5.41, 5.74) is 1.12. The van der Waals surface area contributed by atoms with Gasteiger partial charge in [0, 0.05) is 34.6 Å². The zero-order chi connectivity index (χ0) is 30.3. The number of nitro groups is 1. The number of hydrogen-bond acceptors (Lipinski definition) is 7. The Kier molecular flexibility index (Phi) is 7.91. The van der Waals surface area contributed by atoms with Crippen molar-refractivity contribution in [2.75, 3.05) is 12.0 Å². The molecule has 2 N–H and O–H groups in total. The number of rotatable bonds is 9. The third kappa shape index (κ3) is 4.66. The molecule has 42 heavy (non-hydrogen) atoms. The Bertz CT molecular complexity index is 1570. The van der Waals surface area contributed by atoms with Crippen molar-refractivity contribution in [2.24, 2.45) is 11.8 Å². The van der Waals surface area contributed by atoms with Crippen LogP contribution in [0.25, 0.3) is 0 Å². The zero-order valence-corrected chi connectivity index (χ0v) is 24.9. The Morgan fingerprint density at radius 2 is 1.71 bits per heavy atom. The SMILES string of the molecule is CCc1cccc(CC)c1N1C(=O)C2C(c3cc(Br)ccc3OC)NC(Cc3ccc([N+](=O)[O-])cc3)(C(=O)O)C2C1=O. The second-order valence-electron chi connectivity index (χ2n) is 10.5. The summed E-state index contributed by atoms with van der Waals surface area (Å²) in [6.45, 7) is 3.88. The number of aliphatic carboxylic acids is 1. The van der Waals surface area contributed by atoms with E-state index in [1.54, 1.807) is 18.2 Å². The molecule has 4 atom stereocenters. The number of para-hydroxylation sites is 1. The minimum Gasteiger partial charge on any atom is -0.496 e. The van der Waals surface area contributed by atoms with Crippen LogP contribution in [-0.2, 0) is 33.6 Å². The fourth-order valence-corrected chi connectivity index (χ4v) is 6.81. The van der Waals surface area contributed by atoms with E-state index in [1.807, 2.05) is 32.0 Å². The summed E-state index contributed by atoms with van der Waals surface area (Å²) in [4.78, 5) is 54.1. The monoisotopic (exact) mass is 635 g/mol. The van der Waals surface area contributed by atoms with E-state index >= 15 is 0 Å². The standard InChI is InChI=1S/C31H30BrN3O7/c1-4-18-7-6-8-19(5-2)27(18)34-28(36)24-25(29(34)37)31(30(38)39,16-17-9-12-21(13-10-17)35(40)41)33-26(24)22-15-20(32)11-14-23(22)42-3/h6-15,24-26,33H,4-5,16H2,1-3H3,(H,38,39). The predicted molar refractivity (Wildman–Crippen MR) is 158 cm³/mol. The maximum atomic E-state index is 14.5. The Morgan fingerprint density at radius 3 is 2.26 bits per heavy atom. The van der Waals surface area contributed by atoms with Crippen LogP contribution in [-0.4, -0.2) is 40.5 Å². The van der Waals surface area contributed by atoms with Gasteiger partial charge in [0.05, 0.1) is 29.6 Å². The Balaban J connectivity index is 1.71. The number of non-ortho nitro benzene ring substituents is 1. The molecule has 3 aromatic rings. The molecule has 2 heterocycles. The molecule has 0 saturated carbocycles. The van der Waals surface area contributed by atoms with Gasteiger partial charge in [-0.3, -0.25) is 29.8 Å². The highest BCUT2D eigenvalue weighted by Crippen LogP contribution is 2.53. The molecule has 0 spiro atoms. The third-order valence-electron chi connectivity index (χ3n) is 8.38. The predicted octanol–water partition coefficient (Wildman–Crippen LogP) is 5.01. The Labute approximate surface area is 251 Å². The third-order valence-corrected chi connectivity index (χ3v) is 8.87. The highest BCUT2D eigenvalue weighted by atomic mass is 79.9. The molecule has 0 aromatic heterocycles. The average Bonchev–Trinajstić information content (AvgIpc) is 3.46. The van der Waals surface area contributed by atoms with Gasteiger partial charge in [-0.25, -0.2) is 4.90 Å². The molecule has 0 radical (unpaired) electrons. The van der Waals surface area contributed by atoms with Gasteiger partial charge < -0.3 is 9.84 Å². The maximum absolute atomic E-state index is 14.5. The summed E-state index contributed by atoms with van der Waals surface area (Å²) in [7, 11) is 1.49. The number of carboxylic acids is 1. The van der Waals surface area contributed by atoms with Crippen LogP contribution in [0.2, 0.25) is 0 Å². The largest absolute Gasteiger partial charge is 0.496 e. The van der Waals surface area contributed by atoms with Gasteiger partial charge in [0.15, 0.2) is 0 Å². The van der Waals surface area contributed by atoms with Crippen LogP contribution in [0.5, 0.6) is 5.75 Å². The molecular formula is C31H30BrN3O7. The lowest BCUT2D eigenvalue weighted by Gasteiger charge is -2.32. The lowest BCUT2D eigenvalue weighted by atomic mass is 9.76. The van der Waals surface area contributed by atoms with Gasteiger partial charge in [0.1, 0.15) is 11.3 Å². The van der Waals surface area contributed by atoms with E-state index in [0.29, 0.717) is 39.9 Å². The number of carboxylic acid groups (broad SMARTS) is 1. The second kappa shape index (κ2) is 11.3. The minimum absolute atomic E-state index is 0.140. The topological polar surface area (TPSA) is 139 Å². The summed E-state index contributed by atoms with van der Waals surface area (Å²) in [6, 6.07) is 15.6. The lowest BCUT2D eigenvalue weighted by Crippen LogP contribution is -2.57. The van der Waals surface area contributed by atoms with E-state index in [-0.39, 0.29) is 12.1 Å². The first-order chi connectivity index (χ1) is 20.1. The van der Waals surface area contributed by atoms with Gasteiger partial charge in [-0.15, -0.1) is 0 Å². The van der Waals surface area contributed by atoms with Crippen LogP contribution in [0.15, 0.2) is 65.1 Å². The molecule has 218 valence electrons. The number of halogens is 1. The number of nitro benzene ring substituents is 1. The summed E-state index contributed by atoms with van der Waals surface area (Å²) < 4.78 is 6.30. The number of ether oxygens (including phenoxy) is 1. The molecule has 3 aromatic carbocycles. The Hall–Kier alpha value is -4.09. The number of hydrogen-bond donors (Lipinski definition) is 2. The second-order valence-corrected chi connectivity index (χ2v) is 11.4. The van der Waals surface area contributed by atoms with E-state index in [1.165, 1.54) is 36.3 Å². The smallest absolute Gasteiger partial charge is 0.325 e. The van der Waals surface area contributed by atoms with E-state index in [4.69, 9.17) is 4.74 Å². The molecule has 2 aliphatic rings. The van der Waals surface area contributed by atoms with Gasteiger partial charge in [-0.1, -0.05) is 60.1 Å². The zero-order valence-electron chi connectivity index (χ0n) is 23.3. The molecular weight excluding hydrogens is 606 g/mol. The molecule has 0 bridgehead atoms. The van der Waals surface area contributed by atoms with Crippen LogP contribution in [0.3, 0.4) is 0 Å². The van der Waals surface area contributed by atoms with Crippen molar-refractivity contribution >= 4 is 45.1 Å². The number of aryl methyl sites for hydroxylation is 2. The fourth-order valence-electron chi connectivity index (χ4n) is 6.43. The molecule has 10 nitrogen and oxygen atoms in total. The van der Waals surface area contributed by atoms with Crippen molar-refractivity contribution in [3.63, 3.8) is 0 Å². The number of carbonyl (C=O) groups excluding carboxylic acids is 2. The van der Waals surface area contributed by atoms with Crippen molar-refractivity contribution < 1.29 is 29.2 Å². The summed E-state index contributed by atoms with van der Waals surface area (Å²) in [5.74, 6) is -4.24. The number of nitrogens with one attached hydrogen (secondary N) is 1. The molecule has 2 fully saturated rings. The highest BCUT2D eigenvalue weighted by Gasteiger charge is 2.69. The van der Waals surface area contributed by atoms with Crippen LogP contribution >= 0.6 is 15.9 Å². The van der Waals surface area contributed by atoms with E-state index in [0.717, 1.165) is 11.1 Å². The van der Waals surface area contributed by atoms with Crippen molar-refractivity contribution in [3.8, 4) is 5.75 Å².